The summed E-state index contributed by atoms with van der Waals surface area (Å²) in [6.07, 6.45) is 0. The van der Waals surface area contributed by atoms with Crippen LogP contribution in [0.25, 0.3) is 11.3 Å². The molecule has 0 atom stereocenters. The number of hydrogen-bond acceptors (Lipinski definition) is 2. The number of pyridine rings is 1. The molecule has 0 unspecified atom stereocenters. The first-order chi connectivity index (χ1) is 9.08. The average molecular weight is 298 g/mol. The van der Waals surface area contributed by atoms with Crippen LogP contribution in [0.15, 0.2) is 35.1 Å². The number of methoxy groups -OCH3 is 1. The van der Waals surface area contributed by atoms with Crippen LogP contribution in [0.5, 0.6) is 5.75 Å². The van der Waals surface area contributed by atoms with E-state index in [1.54, 1.807) is 43.0 Å². The van der Waals surface area contributed by atoms with Gasteiger partial charge in [0.2, 0.25) is 0 Å². The molecule has 0 bridgehead atoms. The third-order valence-electron chi connectivity index (χ3n) is 2.96. The molecular weight excluding hydrogens is 285 g/mol. The molecule has 0 radical (unpaired) electrons. The Kier molecular flexibility index (Phi) is 4.17. The predicted molar refractivity (Wildman–Crippen MR) is 78.2 cm³/mol. The maximum Gasteiger partial charge on any atom is 0.255 e. The van der Waals surface area contributed by atoms with Gasteiger partial charge in [-0.15, -0.1) is 11.6 Å². The first-order valence-electron chi connectivity index (χ1n) is 5.67. The Morgan fingerprint density at radius 1 is 1.26 bits per heavy atom. The lowest BCUT2D eigenvalue weighted by molar-refractivity contribution is 0.416. The van der Waals surface area contributed by atoms with Crippen molar-refractivity contribution < 1.29 is 4.74 Å². The lowest BCUT2D eigenvalue weighted by Gasteiger charge is -2.13. The van der Waals surface area contributed by atoms with Gasteiger partial charge in [-0.25, -0.2) is 0 Å². The topological polar surface area (TPSA) is 31.2 Å². The zero-order valence-corrected chi connectivity index (χ0v) is 12.1. The molecule has 100 valence electrons. The molecule has 1 aromatic heterocycles. The van der Waals surface area contributed by atoms with Crippen molar-refractivity contribution in [3.05, 3.63) is 51.3 Å². The third kappa shape index (κ3) is 2.62. The summed E-state index contributed by atoms with van der Waals surface area (Å²) in [6.45, 7) is 0. The number of benzene rings is 1. The zero-order chi connectivity index (χ0) is 14.0. The van der Waals surface area contributed by atoms with E-state index < -0.39 is 0 Å². The summed E-state index contributed by atoms with van der Waals surface area (Å²) in [4.78, 5) is 12.1. The van der Waals surface area contributed by atoms with Gasteiger partial charge < -0.3 is 9.30 Å². The Balaban J connectivity index is 2.69. The van der Waals surface area contributed by atoms with E-state index in [0.717, 1.165) is 11.3 Å². The Hall–Kier alpha value is -1.45. The van der Waals surface area contributed by atoms with Crippen molar-refractivity contribution in [1.82, 2.24) is 4.57 Å². The van der Waals surface area contributed by atoms with Crippen molar-refractivity contribution >= 4 is 23.2 Å². The maximum atomic E-state index is 12.1. The number of hydrogen-bond donors (Lipinski definition) is 0. The van der Waals surface area contributed by atoms with Gasteiger partial charge in [-0.05, 0) is 24.3 Å². The molecule has 0 saturated heterocycles. The summed E-state index contributed by atoms with van der Waals surface area (Å²) in [7, 11) is 3.28. The number of ether oxygens (including phenoxy) is 1. The second kappa shape index (κ2) is 5.68. The molecule has 0 saturated carbocycles. The number of rotatable bonds is 3. The van der Waals surface area contributed by atoms with E-state index in [-0.39, 0.29) is 11.4 Å². The molecule has 0 N–H and O–H groups in total. The first kappa shape index (κ1) is 14.0. The van der Waals surface area contributed by atoms with E-state index in [1.165, 1.54) is 0 Å². The van der Waals surface area contributed by atoms with Crippen LogP contribution in [-0.4, -0.2) is 11.7 Å². The van der Waals surface area contributed by atoms with Gasteiger partial charge in [0.1, 0.15) is 5.75 Å². The van der Waals surface area contributed by atoms with Crippen LogP contribution >= 0.6 is 23.2 Å². The maximum absolute atomic E-state index is 12.1. The van der Waals surface area contributed by atoms with Gasteiger partial charge in [0, 0.05) is 23.2 Å². The molecule has 19 heavy (non-hydrogen) atoms. The van der Waals surface area contributed by atoms with Crippen molar-refractivity contribution in [3.63, 3.8) is 0 Å². The molecule has 0 amide bonds. The van der Waals surface area contributed by atoms with Gasteiger partial charge in [0.15, 0.2) is 0 Å². The summed E-state index contributed by atoms with van der Waals surface area (Å²) in [5.41, 5.74) is 1.96. The molecular formula is C14H13Cl2NO2. The molecule has 2 aromatic rings. The summed E-state index contributed by atoms with van der Waals surface area (Å²) in [5.74, 6) is 0.859. The normalized spacial score (nSPS) is 10.5. The largest absolute Gasteiger partial charge is 0.496 e. The fraction of sp³-hybridized carbons (Fsp3) is 0.214. The van der Waals surface area contributed by atoms with Crippen LogP contribution in [0.2, 0.25) is 5.02 Å². The quantitative estimate of drug-likeness (QED) is 0.813. The highest BCUT2D eigenvalue weighted by Crippen LogP contribution is 2.31. The summed E-state index contributed by atoms with van der Waals surface area (Å²) in [6, 6.07) is 8.86. The van der Waals surface area contributed by atoms with Crippen LogP contribution in [0.4, 0.5) is 0 Å². The van der Waals surface area contributed by atoms with E-state index >= 15 is 0 Å². The lowest BCUT2D eigenvalue weighted by Crippen LogP contribution is -2.21. The smallest absolute Gasteiger partial charge is 0.255 e. The third-order valence-corrected chi connectivity index (χ3v) is 3.49. The van der Waals surface area contributed by atoms with Gasteiger partial charge >= 0.3 is 0 Å². The molecule has 0 aliphatic rings. The second-order valence-corrected chi connectivity index (χ2v) is 4.79. The Morgan fingerprint density at radius 3 is 2.63 bits per heavy atom. The Morgan fingerprint density at radius 2 is 2.00 bits per heavy atom. The number of alkyl halides is 1. The minimum atomic E-state index is -0.116. The molecule has 3 nitrogen and oxygen atoms in total. The Labute approximate surface area is 121 Å². The van der Waals surface area contributed by atoms with E-state index in [1.807, 2.05) is 6.07 Å². The van der Waals surface area contributed by atoms with Gasteiger partial charge in [0.05, 0.1) is 18.7 Å². The fourth-order valence-electron chi connectivity index (χ4n) is 1.94. The van der Waals surface area contributed by atoms with Gasteiger partial charge in [-0.3, -0.25) is 4.79 Å². The minimum Gasteiger partial charge on any atom is -0.496 e. The fourth-order valence-corrected chi connectivity index (χ4v) is 2.32. The molecule has 2 rings (SSSR count). The average Bonchev–Trinajstić information content (AvgIpc) is 2.42. The van der Waals surface area contributed by atoms with E-state index in [0.29, 0.717) is 16.3 Å². The van der Waals surface area contributed by atoms with Gasteiger partial charge in [0.25, 0.3) is 5.56 Å². The molecule has 0 fully saturated rings. The Bertz CT molecular complexity index is 665. The number of aromatic nitrogens is 1. The van der Waals surface area contributed by atoms with Crippen LogP contribution in [0.1, 0.15) is 5.56 Å². The van der Waals surface area contributed by atoms with Gasteiger partial charge in [-0.2, -0.15) is 0 Å². The molecule has 0 aliphatic carbocycles. The van der Waals surface area contributed by atoms with Crippen molar-refractivity contribution in [1.29, 1.82) is 0 Å². The monoisotopic (exact) mass is 297 g/mol. The number of nitrogens with zero attached hydrogens (tertiary/aromatic N) is 1. The van der Waals surface area contributed by atoms with E-state index in [4.69, 9.17) is 27.9 Å². The first-order valence-corrected chi connectivity index (χ1v) is 6.58. The molecule has 0 aliphatic heterocycles. The molecule has 1 heterocycles. The second-order valence-electron chi connectivity index (χ2n) is 4.09. The van der Waals surface area contributed by atoms with Crippen molar-refractivity contribution in [3.8, 4) is 17.0 Å². The minimum absolute atomic E-state index is 0.116. The van der Waals surface area contributed by atoms with E-state index in [2.05, 4.69) is 0 Å². The summed E-state index contributed by atoms with van der Waals surface area (Å²) >= 11 is 11.7. The lowest BCUT2D eigenvalue weighted by atomic mass is 10.1. The van der Waals surface area contributed by atoms with Gasteiger partial charge in [-0.1, -0.05) is 17.7 Å². The predicted octanol–water partition coefficient (Wildman–Crippen LogP) is 3.45. The standard InChI is InChI=1S/C14H13Cl2NO2/c1-17-12(5-3-9(8-15)14(17)18)11-7-10(16)4-6-13(11)19-2/h3-7H,8H2,1-2H3. The highest BCUT2D eigenvalue weighted by molar-refractivity contribution is 6.31. The molecule has 0 spiro atoms. The highest BCUT2D eigenvalue weighted by Gasteiger charge is 2.12. The summed E-state index contributed by atoms with van der Waals surface area (Å²) < 4.78 is 6.85. The molecule has 1 aromatic carbocycles. The van der Waals surface area contributed by atoms with Crippen molar-refractivity contribution in [2.24, 2.45) is 7.05 Å². The van der Waals surface area contributed by atoms with Crippen LogP contribution in [0.3, 0.4) is 0 Å². The zero-order valence-electron chi connectivity index (χ0n) is 10.6. The molecule has 5 heteroatoms. The van der Waals surface area contributed by atoms with E-state index in [9.17, 15) is 4.79 Å². The van der Waals surface area contributed by atoms with Crippen molar-refractivity contribution in [2.75, 3.05) is 7.11 Å². The van der Waals surface area contributed by atoms with Crippen molar-refractivity contribution in [2.45, 2.75) is 5.88 Å². The van der Waals surface area contributed by atoms with Crippen LogP contribution < -0.4 is 10.3 Å². The van der Waals surface area contributed by atoms with Crippen LogP contribution in [-0.2, 0) is 12.9 Å². The highest BCUT2D eigenvalue weighted by atomic mass is 35.5. The number of halogens is 2. The SMILES string of the molecule is COc1ccc(Cl)cc1-c1ccc(CCl)c(=O)n1C. The summed E-state index contributed by atoms with van der Waals surface area (Å²) in [5, 5.41) is 0.588. The van der Waals surface area contributed by atoms with Crippen LogP contribution in [0, 0.1) is 0 Å².